The molecule has 4 nitrogen and oxygen atoms in total. The van der Waals surface area contributed by atoms with E-state index in [1.165, 1.54) is 30.6 Å². The first-order chi connectivity index (χ1) is 9.69. The molecule has 0 unspecified atom stereocenters. The molecule has 6 heteroatoms. The van der Waals surface area contributed by atoms with E-state index in [1.807, 2.05) is 12.4 Å². The first-order valence-electron chi connectivity index (χ1n) is 7.62. The number of hydrogen-bond donors (Lipinski definition) is 2. The van der Waals surface area contributed by atoms with Crippen molar-refractivity contribution in [2.45, 2.75) is 59.0 Å². The Morgan fingerprint density at radius 2 is 2.10 bits per heavy atom. The Balaban J connectivity index is 0.00000220. The first-order valence-corrected chi connectivity index (χ1v) is 8.50. The maximum absolute atomic E-state index is 4.69. The molecule has 120 valence electrons. The van der Waals surface area contributed by atoms with Gasteiger partial charge in [0.2, 0.25) is 0 Å². The molecule has 0 bridgehead atoms. The average molecular weight is 422 g/mol. The van der Waals surface area contributed by atoms with Crippen LogP contribution in [0.5, 0.6) is 0 Å². The zero-order valence-corrected chi connectivity index (χ0v) is 16.3. The number of hydrogen-bond acceptors (Lipinski definition) is 3. The predicted octanol–water partition coefficient (Wildman–Crippen LogP) is 3.70. The molecule has 1 aliphatic carbocycles. The number of aromatic nitrogens is 1. The lowest BCUT2D eigenvalue weighted by Gasteiger charge is -2.28. The van der Waals surface area contributed by atoms with Crippen LogP contribution in [0.15, 0.2) is 10.5 Å². The summed E-state index contributed by atoms with van der Waals surface area (Å²) in [7, 11) is 0. The molecular weight excluding hydrogens is 395 g/mol. The first kappa shape index (κ1) is 18.7. The number of nitrogens with one attached hydrogen (secondary N) is 2. The monoisotopic (exact) mass is 422 g/mol. The van der Waals surface area contributed by atoms with Crippen LogP contribution in [0.2, 0.25) is 0 Å². The highest BCUT2D eigenvalue weighted by atomic mass is 127. The highest BCUT2D eigenvalue weighted by molar-refractivity contribution is 14.0. The number of aryl methyl sites for hydroxylation is 1. The van der Waals surface area contributed by atoms with Crippen LogP contribution in [-0.4, -0.2) is 23.5 Å². The Bertz CT molecular complexity index is 439. The minimum Gasteiger partial charge on any atom is -0.357 e. The number of guanidine groups is 1. The van der Waals surface area contributed by atoms with Crippen LogP contribution in [0, 0.1) is 12.8 Å². The summed E-state index contributed by atoms with van der Waals surface area (Å²) in [6.45, 7) is 8.12. The molecule has 1 aromatic rings. The molecule has 0 saturated heterocycles. The molecule has 0 atom stereocenters. The fraction of sp³-hybridized carbons (Fsp3) is 0.733. The topological polar surface area (TPSA) is 49.3 Å². The number of halogens is 1. The van der Waals surface area contributed by atoms with E-state index in [2.05, 4.69) is 29.5 Å². The van der Waals surface area contributed by atoms with Crippen molar-refractivity contribution < 1.29 is 0 Å². The van der Waals surface area contributed by atoms with Crippen molar-refractivity contribution in [1.82, 2.24) is 15.6 Å². The van der Waals surface area contributed by atoms with Gasteiger partial charge in [-0.25, -0.2) is 9.98 Å². The molecule has 2 rings (SSSR count). The number of rotatable bonds is 4. The summed E-state index contributed by atoms with van der Waals surface area (Å²) in [5.74, 6) is 1.83. The van der Waals surface area contributed by atoms with Gasteiger partial charge in [0.05, 0.1) is 17.7 Å². The van der Waals surface area contributed by atoms with Crippen molar-refractivity contribution in [3.05, 3.63) is 16.1 Å². The van der Waals surface area contributed by atoms with Gasteiger partial charge in [0.25, 0.3) is 0 Å². The molecule has 0 amide bonds. The lowest BCUT2D eigenvalue weighted by Crippen LogP contribution is -2.44. The highest BCUT2D eigenvalue weighted by Crippen LogP contribution is 2.23. The van der Waals surface area contributed by atoms with Gasteiger partial charge >= 0.3 is 0 Å². The van der Waals surface area contributed by atoms with Gasteiger partial charge in [0, 0.05) is 17.5 Å². The Labute approximate surface area is 149 Å². The number of thiazole rings is 1. The van der Waals surface area contributed by atoms with Crippen molar-refractivity contribution in [2.75, 3.05) is 6.54 Å². The fourth-order valence-corrected chi connectivity index (χ4v) is 3.25. The normalized spacial score (nSPS) is 22.5. The van der Waals surface area contributed by atoms with Gasteiger partial charge in [-0.3, -0.25) is 0 Å². The molecule has 0 aromatic carbocycles. The Morgan fingerprint density at radius 1 is 1.38 bits per heavy atom. The molecule has 2 N–H and O–H groups in total. The van der Waals surface area contributed by atoms with Gasteiger partial charge in [-0.05, 0) is 45.4 Å². The summed E-state index contributed by atoms with van der Waals surface area (Å²) in [5.41, 5.74) is 2.99. The summed E-state index contributed by atoms with van der Waals surface area (Å²) in [6.07, 6.45) is 5.16. The van der Waals surface area contributed by atoms with Gasteiger partial charge in [-0.1, -0.05) is 6.92 Å². The van der Waals surface area contributed by atoms with Crippen LogP contribution < -0.4 is 10.6 Å². The molecule has 21 heavy (non-hydrogen) atoms. The van der Waals surface area contributed by atoms with E-state index in [4.69, 9.17) is 4.99 Å². The third-order valence-electron chi connectivity index (χ3n) is 3.93. The number of aliphatic imine (C=N–C) groups is 1. The molecule has 0 aliphatic heterocycles. The van der Waals surface area contributed by atoms with E-state index < -0.39 is 0 Å². The van der Waals surface area contributed by atoms with E-state index in [0.717, 1.165) is 30.7 Å². The quantitative estimate of drug-likeness (QED) is 0.442. The lowest BCUT2D eigenvalue weighted by molar-refractivity contribution is 0.329. The number of nitrogens with zero attached hydrogens (tertiary/aromatic N) is 2. The smallest absolute Gasteiger partial charge is 0.191 e. The summed E-state index contributed by atoms with van der Waals surface area (Å²) < 4.78 is 0. The standard InChI is InChI=1S/C15H26N4S.HI/c1-4-16-15(17-9-14-12(3)18-10-20-14)19-13-7-5-11(2)6-8-13;/h10-11,13H,4-9H2,1-3H3,(H2,16,17,19);1H. The van der Waals surface area contributed by atoms with Gasteiger partial charge in [-0.2, -0.15) is 0 Å². The molecule has 1 aliphatic rings. The van der Waals surface area contributed by atoms with Crippen molar-refractivity contribution in [3.8, 4) is 0 Å². The van der Waals surface area contributed by atoms with Gasteiger partial charge in [0.15, 0.2) is 5.96 Å². The van der Waals surface area contributed by atoms with E-state index in [1.54, 1.807) is 11.3 Å². The lowest BCUT2D eigenvalue weighted by atomic mass is 9.87. The molecule has 1 saturated carbocycles. The van der Waals surface area contributed by atoms with Crippen LogP contribution in [0.25, 0.3) is 0 Å². The molecule has 1 heterocycles. The second-order valence-electron chi connectivity index (χ2n) is 5.66. The zero-order chi connectivity index (χ0) is 14.4. The van der Waals surface area contributed by atoms with Crippen LogP contribution in [-0.2, 0) is 6.54 Å². The predicted molar refractivity (Wildman–Crippen MR) is 102 cm³/mol. The van der Waals surface area contributed by atoms with E-state index >= 15 is 0 Å². The van der Waals surface area contributed by atoms with Crippen molar-refractivity contribution in [2.24, 2.45) is 10.9 Å². The summed E-state index contributed by atoms with van der Waals surface area (Å²) in [6, 6.07) is 0.576. The Morgan fingerprint density at radius 3 is 2.67 bits per heavy atom. The molecular formula is C15H27IN4S. The Hall–Kier alpha value is -0.370. The molecule has 0 spiro atoms. The van der Waals surface area contributed by atoms with Crippen molar-refractivity contribution in [3.63, 3.8) is 0 Å². The van der Waals surface area contributed by atoms with Gasteiger partial charge < -0.3 is 10.6 Å². The fourth-order valence-electron chi connectivity index (χ4n) is 2.55. The highest BCUT2D eigenvalue weighted by Gasteiger charge is 2.18. The largest absolute Gasteiger partial charge is 0.357 e. The van der Waals surface area contributed by atoms with Crippen LogP contribution in [0.3, 0.4) is 0 Å². The van der Waals surface area contributed by atoms with Crippen molar-refractivity contribution >= 4 is 41.3 Å². The molecule has 1 aromatic heterocycles. The second-order valence-corrected chi connectivity index (χ2v) is 6.60. The second kappa shape index (κ2) is 9.61. The van der Waals surface area contributed by atoms with Gasteiger partial charge in [-0.15, -0.1) is 35.3 Å². The van der Waals surface area contributed by atoms with Crippen LogP contribution in [0.1, 0.15) is 50.1 Å². The maximum Gasteiger partial charge on any atom is 0.191 e. The van der Waals surface area contributed by atoms with Crippen LogP contribution in [0.4, 0.5) is 0 Å². The minimum atomic E-state index is 0. The SMILES string of the molecule is CCNC(=NCc1scnc1C)NC1CCC(C)CC1.I. The summed E-state index contributed by atoms with van der Waals surface area (Å²) in [4.78, 5) is 10.2. The van der Waals surface area contributed by atoms with Gasteiger partial charge in [0.1, 0.15) is 0 Å². The molecule has 1 fully saturated rings. The van der Waals surface area contributed by atoms with Crippen LogP contribution >= 0.6 is 35.3 Å². The third-order valence-corrected chi connectivity index (χ3v) is 4.85. The maximum atomic E-state index is 4.69. The van der Waals surface area contributed by atoms with E-state index in [9.17, 15) is 0 Å². The average Bonchev–Trinajstić information content (AvgIpc) is 2.84. The summed E-state index contributed by atoms with van der Waals surface area (Å²) >= 11 is 1.68. The summed E-state index contributed by atoms with van der Waals surface area (Å²) in [5, 5.41) is 6.93. The molecule has 0 radical (unpaired) electrons. The third kappa shape index (κ3) is 6.10. The van der Waals surface area contributed by atoms with Crippen molar-refractivity contribution in [1.29, 1.82) is 0 Å². The zero-order valence-electron chi connectivity index (χ0n) is 13.2. The van der Waals surface area contributed by atoms with E-state index in [-0.39, 0.29) is 24.0 Å². The Kier molecular flexibility index (Phi) is 8.55. The van der Waals surface area contributed by atoms with E-state index in [0.29, 0.717) is 6.04 Å². The minimum absolute atomic E-state index is 0.